The van der Waals surface area contributed by atoms with Crippen LogP contribution in [0.3, 0.4) is 0 Å². The van der Waals surface area contributed by atoms with Crippen molar-refractivity contribution in [2.24, 2.45) is 11.5 Å². The van der Waals surface area contributed by atoms with Crippen molar-refractivity contribution in [3.8, 4) is 0 Å². The van der Waals surface area contributed by atoms with Crippen LogP contribution in [0.5, 0.6) is 0 Å². The number of carboxylic acid groups (broad SMARTS) is 1. The highest BCUT2D eigenvalue weighted by Crippen LogP contribution is 2.21. The zero-order valence-corrected chi connectivity index (χ0v) is 24.7. The second kappa shape index (κ2) is 16.0. The Labute approximate surface area is 259 Å². The number of likely N-dealkylation sites (tertiary alicyclic amines) is 1. The van der Waals surface area contributed by atoms with Gasteiger partial charge in [0, 0.05) is 19.4 Å². The molecule has 1 saturated heterocycles. The Morgan fingerprint density at radius 2 is 1.64 bits per heavy atom. The van der Waals surface area contributed by atoms with Crippen LogP contribution in [0.4, 0.5) is 0 Å². The van der Waals surface area contributed by atoms with Gasteiger partial charge in [0.25, 0.3) is 0 Å². The highest BCUT2D eigenvalue weighted by molar-refractivity contribution is 5.98. The average Bonchev–Trinajstić information content (AvgIpc) is 3.01. The van der Waals surface area contributed by atoms with Crippen LogP contribution in [0.15, 0.2) is 55.1 Å². The summed E-state index contributed by atoms with van der Waals surface area (Å²) in [6.45, 7) is 3.44. The van der Waals surface area contributed by atoms with Crippen LogP contribution >= 0.6 is 0 Å². The molecule has 1 unspecified atom stereocenters. The van der Waals surface area contributed by atoms with Gasteiger partial charge in [-0.1, -0.05) is 49.0 Å². The number of carboxylic acids is 1. The van der Waals surface area contributed by atoms with Crippen molar-refractivity contribution in [1.82, 2.24) is 20.9 Å². The van der Waals surface area contributed by atoms with Crippen LogP contribution in [0.2, 0.25) is 0 Å². The smallest absolute Gasteiger partial charge is 0.305 e. The summed E-state index contributed by atoms with van der Waals surface area (Å²) >= 11 is 0. The van der Waals surface area contributed by atoms with Gasteiger partial charge in [-0.15, -0.1) is 0 Å². The number of nitrogens with two attached hydrogens (primary N) is 2. The maximum Gasteiger partial charge on any atom is 0.305 e. The lowest BCUT2D eigenvalue weighted by atomic mass is 9.97. The number of rotatable bonds is 15. The zero-order chi connectivity index (χ0) is 33.1. The molecule has 1 aliphatic heterocycles. The molecule has 0 aliphatic carbocycles. The first-order valence-corrected chi connectivity index (χ1v) is 14.5. The monoisotopic (exact) mass is 622 g/mol. The molecule has 2 aromatic rings. The second-order valence-electron chi connectivity index (χ2n) is 10.8. The fourth-order valence-electron chi connectivity index (χ4n) is 5.20. The van der Waals surface area contributed by atoms with Crippen LogP contribution in [-0.4, -0.2) is 82.1 Å². The van der Waals surface area contributed by atoms with Gasteiger partial charge in [0.1, 0.15) is 24.2 Å². The molecule has 0 spiro atoms. The Kier molecular flexibility index (Phi) is 12.2. The van der Waals surface area contributed by atoms with Gasteiger partial charge in [-0.3, -0.25) is 33.6 Å². The molecule has 0 bridgehead atoms. The fourth-order valence-corrected chi connectivity index (χ4v) is 5.20. The summed E-state index contributed by atoms with van der Waals surface area (Å²) in [5.41, 5.74) is 11.3. The number of carbonyl (C=O) groups excluding carboxylic acids is 6. The molecule has 1 heterocycles. The van der Waals surface area contributed by atoms with Crippen molar-refractivity contribution in [3.05, 3.63) is 60.7 Å². The van der Waals surface area contributed by atoms with Crippen molar-refractivity contribution in [2.75, 3.05) is 6.54 Å². The number of hydrogen-bond acceptors (Lipinski definition) is 7. The molecule has 2 aromatic carbocycles. The van der Waals surface area contributed by atoms with Crippen LogP contribution in [0.25, 0.3) is 10.8 Å². The minimum atomic E-state index is -1.44. The van der Waals surface area contributed by atoms with Gasteiger partial charge < -0.3 is 37.4 Å². The van der Waals surface area contributed by atoms with E-state index in [0.717, 1.165) is 16.8 Å². The van der Waals surface area contributed by atoms with Gasteiger partial charge in [0.2, 0.25) is 35.4 Å². The van der Waals surface area contributed by atoms with E-state index in [4.69, 9.17) is 11.5 Å². The number of carbonyl (C=O) groups is 7. The standard InChI is InChI=1S/C31H38N6O8/c1-2-26(39)34-23(17-27(40)41)31(45)37-14-6-5-9-24(37)30(44)36-22(29(43)35-21(28(33)42)12-13-25(32)38)16-18-10-11-19-7-3-4-8-20(19)15-18/h2-4,7-8,10-11,15,21-24H,1,5-6,9,12-14,16-17H2,(H2,32,38)(H2,33,42)(H,34,39)(H,35,43)(H,36,44)(H,40,41)/t21-,22?,23+,24-/m0/s1. The molecule has 6 amide bonds. The van der Waals surface area contributed by atoms with Crippen molar-refractivity contribution in [3.63, 3.8) is 0 Å². The molecular formula is C31H38N6O8. The topological polar surface area (TPSA) is 231 Å². The van der Waals surface area contributed by atoms with Crippen LogP contribution in [0.1, 0.15) is 44.1 Å². The molecule has 1 aliphatic rings. The number of piperidine rings is 1. The van der Waals surface area contributed by atoms with Gasteiger partial charge in [-0.05, 0) is 48.1 Å². The van der Waals surface area contributed by atoms with Gasteiger partial charge in [0.05, 0.1) is 6.42 Å². The number of fused-ring (bicyclic) bond motifs is 1. The van der Waals surface area contributed by atoms with Crippen molar-refractivity contribution >= 4 is 52.2 Å². The molecule has 8 N–H and O–H groups in total. The Morgan fingerprint density at radius 3 is 2.29 bits per heavy atom. The Balaban J connectivity index is 1.88. The molecular weight excluding hydrogens is 584 g/mol. The number of aliphatic carboxylic acids is 1. The Morgan fingerprint density at radius 1 is 0.933 bits per heavy atom. The number of nitrogens with zero attached hydrogens (tertiary/aromatic N) is 1. The molecule has 14 heteroatoms. The van der Waals surface area contributed by atoms with Crippen molar-refractivity contribution < 1.29 is 38.7 Å². The first-order chi connectivity index (χ1) is 21.4. The number of primary amides is 2. The average molecular weight is 623 g/mol. The molecule has 4 atom stereocenters. The van der Waals surface area contributed by atoms with E-state index in [0.29, 0.717) is 18.4 Å². The maximum atomic E-state index is 13.7. The minimum Gasteiger partial charge on any atom is -0.481 e. The third-order valence-corrected chi connectivity index (χ3v) is 7.49. The van der Waals surface area contributed by atoms with Crippen molar-refractivity contribution in [2.45, 2.75) is 69.1 Å². The predicted octanol–water partition coefficient (Wildman–Crippen LogP) is -0.371. The molecule has 3 rings (SSSR count). The number of amides is 6. The first kappa shape index (κ1) is 34.2. The molecule has 0 radical (unpaired) electrons. The van der Waals surface area contributed by atoms with Gasteiger partial charge in [-0.25, -0.2) is 0 Å². The lowest BCUT2D eigenvalue weighted by molar-refractivity contribution is -0.148. The number of benzene rings is 2. The lowest BCUT2D eigenvalue weighted by Crippen LogP contribution is -2.60. The van der Waals surface area contributed by atoms with E-state index in [2.05, 4.69) is 22.5 Å². The highest BCUT2D eigenvalue weighted by atomic mass is 16.4. The normalized spacial score (nSPS) is 16.4. The summed E-state index contributed by atoms with van der Waals surface area (Å²) in [5.74, 6) is -5.85. The van der Waals surface area contributed by atoms with Crippen LogP contribution in [0, 0.1) is 0 Å². The largest absolute Gasteiger partial charge is 0.481 e. The van der Waals surface area contributed by atoms with Crippen LogP contribution < -0.4 is 27.4 Å². The minimum absolute atomic E-state index is 0.00140. The lowest BCUT2D eigenvalue weighted by Gasteiger charge is -2.37. The summed E-state index contributed by atoms with van der Waals surface area (Å²) < 4.78 is 0. The first-order valence-electron chi connectivity index (χ1n) is 14.5. The third-order valence-electron chi connectivity index (χ3n) is 7.49. The van der Waals surface area contributed by atoms with E-state index < -0.39 is 72.0 Å². The molecule has 14 nitrogen and oxygen atoms in total. The quantitative estimate of drug-likeness (QED) is 0.143. The Hall–Kier alpha value is -5.27. The van der Waals surface area contributed by atoms with E-state index >= 15 is 0 Å². The molecule has 0 aromatic heterocycles. The fraction of sp³-hybridized carbons (Fsp3) is 0.387. The van der Waals surface area contributed by atoms with E-state index in [9.17, 15) is 38.7 Å². The summed E-state index contributed by atoms with van der Waals surface area (Å²) in [6.07, 6.45) is 1.17. The van der Waals surface area contributed by atoms with E-state index in [1.54, 1.807) is 6.07 Å². The summed E-state index contributed by atoms with van der Waals surface area (Å²) in [4.78, 5) is 88.6. The third kappa shape index (κ3) is 9.88. The van der Waals surface area contributed by atoms with Gasteiger partial charge in [-0.2, -0.15) is 0 Å². The molecule has 240 valence electrons. The number of hydrogen-bond donors (Lipinski definition) is 6. The summed E-state index contributed by atoms with van der Waals surface area (Å²) in [6, 6.07) is 8.09. The Bertz CT molecular complexity index is 1480. The van der Waals surface area contributed by atoms with Gasteiger partial charge in [0.15, 0.2) is 0 Å². The predicted molar refractivity (Wildman–Crippen MR) is 163 cm³/mol. The van der Waals surface area contributed by atoms with E-state index in [1.807, 2.05) is 36.4 Å². The molecule has 0 saturated carbocycles. The molecule has 1 fully saturated rings. The van der Waals surface area contributed by atoms with Crippen molar-refractivity contribution in [1.29, 1.82) is 0 Å². The summed E-state index contributed by atoms with van der Waals surface area (Å²) in [7, 11) is 0. The van der Waals surface area contributed by atoms with Crippen LogP contribution in [-0.2, 0) is 40.0 Å². The SMILES string of the molecule is C=CC(=O)N[C@H](CC(=O)O)C(=O)N1CCCC[C@H]1C(=O)NC(Cc1ccc2ccccc2c1)C(=O)N[C@@H](CCC(N)=O)C(N)=O. The maximum absolute atomic E-state index is 13.7. The van der Waals surface area contributed by atoms with E-state index in [-0.39, 0.29) is 32.2 Å². The molecule has 45 heavy (non-hydrogen) atoms. The highest BCUT2D eigenvalue weighted by Gasteiger charge is 2.38. The second-order valence-corrected chi connectivity index (χ2v) is 10.8. The summed E-state index contributed by atoms with van der Waals surface area (Å²) in [5, 5.41) is 18.7. The van der Waals surface area contributed by atoms with E-state index in [1.165, 1.54) is 4.90 Å². The van der Waals surface area contributed by atoms with Gasteiger partial charge >= 0.3 is 5.97 Å². The zero-order valence-electron chi connectivity index (χ0n) is 24.7. The number of nitrogens with one attached hydrogen (secondary N) is 3.